The van der Waals surface area contributed by atoms with Crippen molar-refractivity contribution in [2.45, 2.75) is 46.1 Å². The van der Waals surface area contributed by atoms with Gasteiger partial charge in [-0.25, -0.2) is 0 Å². The van der Waals surface area contributed by atoms with E-state index in [0.29, 0.717) is 16.8 Å². The minimum absolute atomic E-state index is 0.564. The van der Waals surface area contributed by atoms with Crippen LogP contribution in [0.3, 0.4) is 0 Å². The van der Waals surface area contributed by atoms with E-state index < -0.39 is 0 Å². The lowest BCUT2D eigenvalue weighted by Crippen LogP contribution is -2.30. The number of aryl methyl sites for hydroxylation is 1. The Morgan fingerprint density at radius 3 is 2.61 bits per heavy atom. The van der Waals surface area contributed by atoms with Gasteiger partial charge in [-0.1, -0.05) is 25.4 Å². The molecule has 1 aromatic rings. The number of anilines is 2. The second kappa shape index (κ2) is 5.40. The predicted molar refractivity (Wildman–Crippen MR) is 80.2 cm³/mol. The van der Waals surface area contributed by atoms with Crippen molar-refractivity contribution in [2.75, 3.05) is 11.1 Å². The molecule has 0 heterocycles. The molecule has 0 amide bonds. The van der Waals surface area contributed by atoms with Crippen LogP contribution in [0.2, 0.25) is 5.02 Å². The molecule has 0 saturated heterocycles. The Morgan fingerprint density at radius 2 is 1.94 bits per heavy atom. The molecule has 1 aromatic carbocycles. The van der Waals surface area contributed by atoms with Crippen molar-refractivity contribution in [1.29, 1.82) is 0 Å². The summed E-state index contributed by atoms with van der Waals surface area (Å²) in [5.74, 6) is 1.64. The third-order valence-corrected chi connectivity index (χ3v) is 4.63. The molecular formula is C15H23ClN2. The Hall–Kier alpha value is -0.890. The number of rotatable bonds is 2. The summed E-state index contributed by atoms with van der Waals surface area (Å²) in [6.07, 6.45) is 3.79. The molecule has 3 N–H and O–H groups in total. The molecule has 1 aliphatic carbocycles. The van der Waals surface area contributed by atoms with Gasteiger partial charge in [0, 0.05) is 11.7 Å². The highest BCUT2D eigenvalue weighted by Crippen LogP contribution is 2.33. The topological polar surface area (TPSA) is 38.0 Å². The fourth-order valence-electron chi connectivity index (χ4n) is 2.76. The quantitative estimate of drug-likeness (QED) is 0.775. The first-order chi connectivity index (χ1) is 8.47. The summed E-state index contributed by atoms with van der Waals surface area (Å²) in [7, 11) is 0. The molecule has 3 heteroatoms. The fourth-order valence-corrected chi connectivity index (χ4v) is 2.92. The van der Waals surface area contributed by atoms with Crippen molar-refractivity contribution in [3.8, 4) is 0 Å². The second-order valence-electron chi connectivity index (χ2n) is 5.80. The monoisotopic (exact) mass is 266 g/mol. The molecule has 1 aliphatic rings. The van der Waals surface area contributed by atoms with Crippen LogP contribution >= 0.6 is 11.6 Å². The van der Waals surface area contributed by atoms with Crippen LogP contribution in [0.15, 0.2) is 12.1 Å². The molecule has 3 atom stereocenters. The van der Waals surface area contributed by atoms with Crippen molar-refractivity contribution >= 4 is 23.0 Å². The van der Waals surface area contributed by atoms with E-state index in [1.165, 1.54) is 24.8 Å². The zero-order chi connectivity index (χ0) is 13.3. The van der Waals surface area contributed by atoms with E-state index in [4.69, 9.17) is 17.3 Å². The van der Waals surface area contributed by atoms with E-state index in [9.17, 15) is 0 Å². The molecule has 0 radical (unpaired) electrons. The van der Waals surface area contributed by atoms with Gasteiger partial charge in [-0.15, -0.1) is 0 Å². The van der Waals surface area contributed by atoms with Gasteiger partial charge in [0.15, 0.2) is 0 Å². The van der Waals surface area contributed by atoms with E-state index in [1.807, 2.05) is 12.1 Å². The molecule has 0 spiro atoms. The normalized spacial score (nSPS) is 28.1. The third-order valence-electron chi connectivity index (χ3n) is 4.30. The van der Waals surface area contributed by atoms with Gasteiger partial charge in [0.25, 0.3) is 0 Å². The zero-order valence-corrected chi connectivity index (χ0v) is 12.2. The highest BCUT2D eigenvalue weighted by molar-refractivity contribution is 6.33. The van der Waals surface area contributed by atoms with Crippen molar-refractivity contribution in [1.82, 2.24) is 0 Å². The van der Waals surface area contributed by atoms with Crippen LogP contribution in [0.4, 0.5) is 11.4 Å². The Morgan fingerprint density at radius 1 is 1.22 bits per heavy atom. The summed E-state index contributed by atoms with van der Waals surface area (Å²) in [5, 5.41) is 4.27. The lowest BCUT2D eigenvalue weighted by atomic mass is 9.79. The van der Waals surface area contributed by atoms with Crippen LogP contribution < -0.4 is 11.1 Å². The number of hydrogen-bond acceptors (Lipinski definition) is 2. The van der Waals surface area contributed by atoms with Crippen LogP contribution in [-0.4, -0.2) is 6.04 Å². The van der Waals surface area contributed by atoms with Crippen molar-refractivity contribution in [3.63, 3.8) is 0 Å². The maximum Gasteiger partial charge on any atom is 0.0656 e. The van der Waals surface area contributed by atoms with Crippen LogP contribution in [0.5, 0.6) is 0 Å². The molecule has 0 bridgehead atoms. The second-order valence-corrected chi connectivity index (χ2v) is 6.20. The first-order valence-corrected chi connectivity index (χ1v) is 7.17. The van der Waals surface area contributed by atoms with E-state index in [-0.39, 0.29) is 0 Å². The minimum atomic E-state index is 0.564. The largest absolute Gasteiger partial charge is 0.398 e. The standard InChI is InChI=1S/C15H23ClN2/c1-9-4-5-12(6-10(9)2)18-15-8-13(16)14(17)7-11(15)3/h7-10,12,18H,4-6,17H2,1-3H3. The average molecular weight is 267 g/mol. The van der Waals surface area contributed by atoms with Crippen LogP contribution in [0.1, 0.15) is 38.7 Å². The Balaban J connectivity index is 2.08. The maximum atomic E-state index is 6.09. The molecule has 1 saturated carbocycles. The first-order valence-electron chi connectivity index (χ1n) is 6.79. The van der Waals surface area contributed by atoms with Crippen LogP contribution in [0, 0.1) is 18.8 Å². The van der Waals surface area contributed by atoms with Gasteiger partial charge in [0.05, 0.1) is 10.7 Å². The van der Waals surface area contributed by atoms with Gasteiger partial charge in [-0.3, -0.25) is 0 Å². The van der Waals surface area contributed by atoms with Gasteiger partial charge >= 0.3 is 0 Å². The average Bonchev–Trinajstić information content (AvgIpc) is 2.31. The molecule has 2 nitrogen and oxygen atoms in total. The summed E-state index contributed by atoms with van der Waals surface area (Å²) >= 11 is 6.09. The van der Waals surface area contributed by atoms with E-state index in [2.05, 4.69) is 26.1 Å². The first kappa shape index (κ1) is 13.5. The number of nitrogens with two attached hydrogens (primary N) is 1. The molecule has 0 aliphatic heterocycles. The lowest BCUT2D eigenvalue weighted by molar-refractivity contribution is 0.261. The van der Waals surface area contributed by atoms with Gasteiger partial charge in [-0.2, -0.15) is 0 Å². The lowest BCUT2D eigenvalue weighted by Gasteiger charge is -2.33. The van der Waals surface area contributed by atoms with Crippen molar-refractivity contribution in [3.05, 3.63) is 22.7 Å². The van der Waals surface area contributed by atoms with Crippen LogP contribution in [0.25, 0.3) is 0 Å². The minimum Gasteiger partial charge on any atom is -0.398 e. The smallest absolute Gasteiger partial charge is 0.0656 e. The number of nitrogens with one attached hydrogen (secondary N) is 1. The molecule has 1 fully saturated rings. The van der Waals surface area contributed by atoms with E-state index in [1.54, 1.807) is 0 Å². The van der Waals surface area contributed by atoms with Gasteiger partial charge in [-0.05, 0) is 55.7 Å². The zero-order valence-electron chi connectivity index (χ0n) is 11.5. The fraction of sp³-hybridized carbons (Fsp3) is 0.600. The molecule has 18 heavy (non-hydrogen) atoms. The molecule has 0 aromatic heterocycles. The Kier molecular flexibility index (Phi) is 4.06. The van der Waals surface area contributed by atoms with Gasteiger partial charge in [0.1, 0.15) is 0 Å². The maximum absolute atomic E-state index is 6.09. The summed E-state index contributed by atoms with van der Waals surface area (Å²) in [5.41, 5.74) is 8.76. The summed E-state index contributed by atoms with van der Waals surface area (Å²) in [6, 6.07) is 4.46. The number of hydrogen-bond donors (Lipinski definition) is 2. The Labute approximate surface area is 115 Å². The predicted octanol–water partition coefficient (Wildman–Crippen LogP) is 4.47. The number of halogens is 1. The number of nitrogen functional groups attached to an aromatic ring is 1. The highest BCUT2D eigenvalue weighted by atomic mass is 35.5. The van der Waals surface area contributed by atoms with Gasteiger partial charge < -0.3 is 11.1 Å². The van der Waals surface area contributed by atoms with Crippen LogP contribution in [-0.2, 0) is 0 Å². The SMILES string of the molecule is Cc1cc(N)c(Cl)cc1NC1CCC(C)C(C)C1. The summed E-state index contributed by atoms with van der Waals surface area (Å²) in [6.45, 7) is 6.78. The van der Waals surface area contributed by atoms with Crippen molar-refractivity contribution in [2.24, 2.45) is 11.8 Å². The van der Waals surface area contributed by atoms with Gasteiger partial charge in [0.2, 0.25) is 0 Å². The molecule has 3 unspecified atom stereocenters. The highest BCUT2D eigenvalue weighted by Gasteiger charge is 2.24. The molecular weight excluding hydrogens is 244 g/mol. The van der Waals surface area contributed by atoms with Crippen molar-refractivity contribution < 1.29 is 0 Å². The van der Waals surface area contributed by atoms with E-state index in [0.717, 1.165) is 17.5 Å². The Bertz CT molecular complexity index is 431. The van der Waals surface area contributed by atoms with E-state index >= 15 is 0 Å². The number of benzene rings is 1. The third kappa shape index (κ3) is 2.92. The molecule has 100 valence electrons. The summed E-state index contributed by atoms with van der Waals surface area (Å²) in [4.78, 5) is 0. The summed E-state index contributed by atoms with van der Waals surface area (Å²) < 4.78 is 0. The molecule has 2 rings (SSSR count).